The Morgan fingerprint density at radius 3 is 2.48 bits per heavy atom. The summed E-state index contributed by atoms with van der Waals surface area (Å²) >= 11 is 0. The molecule has 7 nitrogen and oxygen atoms in total. The Kier molecular flexibility index (Phi) is 9.84. The minimum atomic E-state index is -4.66. The zero-order valence-electron chi connectivity index (χ0n) is 13.5. The van der Waals surface area contributed by atoms with Gasteiger partial charge in [-0.1, -0.05) is 0 Å². The molecule has 142 valence electrons. The molecule has 1 amide bonds. The van der Waals surface area contributed by atoms with Crippen LogP contribution < -0.4 is 16.0 Å². The molecule has 3 N–H and O–H groups in total. The fourth-order valence-electron chi connectivity index (χ4n) is 1.90. The number of carbonyl (C=O) groups excluding carboxylic acids is 1. The van der Waals surface area contributed by atoms with Crippen LogP contribution in [0.1, 0.15) is 18.4 Å². The number of amides is 1. The Labute approximate surface area is 148 Å². The van der Waals surface area contributed by atoms with Crippen LogP contribution in [0.3, 0.4) is 0 Å². The van der Waals surface area contributed by atoms with Crippen LogP contribution in [0.15, 0.2) is 18.2 Å². The Balaban J connectivity index is 0.00000576. The Hall–Kier alpha value is -2.07. The van der Waals surface area contributed by atoms with Gasteiger partial charge < -0.3 is 16.0 Å². The third-order valence-corrected chi connectivity index (χ3v) is 3.11. The third kappa shape index (κ3) is 8.03. The van der Waals surface area contributed by atoms with E-state index in [-0.39, 0.29) is 37.0 Å². The predicted molar refractivity (Wildman–Crippen MR) is 90.0 cm³/mol. The normalized spacial score (nSPS) is 10.7. The summed E-state index contributed by atoms with van der Waals surface area (Å²) < 4.78 is 37.8. The van der Waals surface area contributed by atoms with Crippen molar-refractivity contribution >= 4 is 29.7 Å². The molecule has 0 aliphatic heterocycles. The van der Waals surface area contributed by atoms with Gasteiger partial charge in [0.05, 0.1) is 10.5 Å². The molecule has 0 saturated heterocycles. The Morgan fingerprint density at radius 1 is 1.24 bits per heavy atom. The first-order chi connectivity index (χ1) is 11.3. The highest BCUT2D eigenvalue weighted by Crippen LogP contribution is 2.34. The molecule has 0 spiro atoms. The van der Waals surface area contributed by atoms with Crippen molar-refractivity contribution in [2.45, 2.75) is 19.0 Å². The van der Waals surface area contributed by atoms with Crippen LogP contribution in [0.25, 0.3) is 0 Å². The molecule has 0 bridgehead atoms. The van der Waals surface area contributed by atoms with Crippen molar-refractivity contribution in [1.82, 2.24) is 10.6 Å². The van der Waals surface area contributed by atoms with E-state index < -0.39 is 22.4 Å². The highest BCUT2D eigenvalue weighted by molar-refractivity contribution is 5.85. The lowest BCUT2D eigenvalue weighted by molar-refractivity contribution is -0.384. The molecule has 0 unspecified atom stereocenters. The molecular weight excluding hydrogens is 365 g/mol. The van der Waals surface area contributed by atoms with Gasteiger partial charge in [0.1, 0.15) is 5.69 Å². The van der Waals surface area contributed by atoms with E-state index in [4.69, 9.17) is 0 Å². The fraction of sp³-hybridized carbons (Fsp3) is 0.500. The van der Waals surface area contributed by atoms with Crippen LogP contribution in [-0.4, -0.2) is 37.5 Å². The molecule has 0 aromatic heterocycles. The van der Waals surface area contributed by atoms with Crippen molar-refractivity contribution in [3.8, 4) is 0 Å². The second kappa shape index (κ2) is 10.7. The highest BCUT2D eigenvalue weighted by atomic mass is 35.5. The van der Waals surface area contributed by atoms with Crippen LogP contribution in [0, 0.1) is 10.1 Å². The largest absolute Gasteiger partial charge is 0.416 e. The molecule has 25 heavy (non-hydrogen) atoms. The molecule has 0 fully saturated rings. The SMILES string of the molecule is CNCCCNC(=O)CCNc1ccc(C(F)(F)F)cc1[N+](=O)[O-].Cl. The third-order valence-electron chi connectivity index (χ3n) is 3.11. The summed E-state index contributed by atoms with van der Waals surface area (Å²) in [4.78, 5) is 21.6. The van der Waals surface area contributed by atoms with Gasteiger partial charge >= 0.3 is 6.18 Å². The van der Waals surface area contributed by atoms with Crippen LogP contribution in [-0.2, 0) is 11.0 Å². The van der Waals surface area contributed by atoms with Crippen molar-refractivity contribution in [2.24, 2.45) is 0 Å². The number of benzene rings is 1. The van der Waals surface area contributed by atoms with Gasteiger partial charge in [0.2, 0.25) is 5.91 Å². The van der Waals surface area contributed by atoms with Crippen LogP contribution in [0.5, 0.6) is 0 Å². The first-order valence-electron chi connectivity index (χ1n) is 7.26. The minimum absolute atomic E-state index is 0. The Morgan fingerprint density at radius 2 is 1.92 bits per heavy atom. The summed E-state index contributed by atoms with van der Waals surface area (Å²) in [6.45, 7) is 1.33. The molecule has 0 aliphatic carbocycles. The van der Waals surface area contributed by atoms with E-state index in [0.29, 0.717) is 12.6 Å². The number of nitrogens with one attached hydrogen (secondary N) is 3. The van der Waals surface area contributed by atoms with E-state index in [0.717, 1.165) is 25.1 Å². The second-order valence-electron chi connectivity index (χ2n) is 4.97. The van der Waals surface area contributed by atoms with Gasteiger partial charge in [-0.05, 0) is 32.1 Å². The average Bonchev–Trinajstić information content (AvgIpc) is 2.50. The van der Waals surface area contributed by atoms with Crippen molar-refractivity contribution < 1.29 is 22.9 Å². The lowest BCUT2D eigenvalue weighted by Gasteiger charge is -2.10. The molecule has 1 rings (SSSR count). The Bertz CT molecular complexity index is 585. The van der Waals surface area contributed by atoms with Gasteiger partial charge in [0.15, 0.2) is 0 Å². The maximum atomic E-state index is 12.6. The lowest BCUT2D eigenvalue weighted by atomic mass is 10.1. The van der Waals surface area contributed by atoms with Gasteiger partial charge in [0, 0.05) is 25.6 Å². The number of carbonyl (C=O) groups is 1. The van der Waals surface area contributed by atoms with Crippen LogP contribution in [0.2, 0.25) is 0 Å². The quantitative estimate of drug-likeness (QED) is 0.345. The molecule has 0 radical (unpaired) electrons. The first-order valence-corrected chi connectivity index (χ1v) is 7.26. The van der Waals surface area contributed by atoms with Crippen molar-refractivity contribution in [3.63, 3.8) is 0 Å². The van der Waals surface area contributed by atoms with Crippen molar-refractivity contribution in [3.05, 3.63) is 33.9 Å². The molecule has 11 heteroatoms. The molecule has 0 atom stereocenters. The lowest BCUT2D eigenvalue weighted by Crippen LogP contribution is -2.28. The molecule has 0 heterocycles. The summed E-state index contributed by atoms with van der Waals surface area (Å²) in [6, 6.07) is 2.22. The number of hydrogen-bond acceptors (Lipinski definition) is 5. The smallest absolute Gasteiger partial charge is 0.379 e. The summed E-state index contributed by atoms with van der Waals surface area (Å²) in [7, 11) is 1.79. The molecule has 1 aromatic rings. The summed E-state index contributed by atoms with van der Waals surface area (Å²) in [5.74, 6) is -0.242. The van der Waals surface area contributed by atoms with Crippen LogP contribution >= 0.6 is 12.4 Å². The van der Waals surface area contributed by atoms with Crippen LogP contribution in [0.4, 0.5) is 24.5 Å². The maximum Gasteiger partial charge on any atom is 0.416 e. The zero-order valence-corrected chi connectivity index (χ0v) is 14.3. The number of alkyl halides is 3. The van der Waals surface area contributed by atoms with Gasteiger partial charge in [-0.25, -0.2) is 0 Å². The van der Waals surface area contributed by atoms with Crippen molar-refractivity contribution in [2.75, 3.05) is 32.0 Å². The van der Waals surface area contributed by atoms with Gasteiger partial charge in [-0.3, -0.25) is 14.9 Å². The number of nitro groups is 1. The highest BCUT2D eigenvalue weighted by Gasteiger charge is 2.32. The number of hydrogen-bond donors (Lipinski definition) is 3. The second-order valence-corrected chi connectivity index (χ2v) is 4.97. The van der Waals surface area contributed by atoms with Gasteiger partial charge in [0.25, 0.3) is 5.69 Å². The standard InChI is InChI=1S/C14H19F3N4O3.ClH/c1-18-6-2-7-20-13(22)5-8-19-11-4-3-10(14(15,16)17)9-12(11)21(23)24;/h3-4,9,18-19H,2,5-8H2,1H3,(H,20,22);1H. The molecule has 0 aliphatic rings. The van der Waals surface area contributed by atoms with E-state index in [1.165, 1.54) is 0 Å². The molecular formula is C14H20ClF3N4O3. The molecule has 0 saturated carbocycles. The predicted octanol–water partition coefficient (Wildman–Crippen LogP) is 2.56. The molecule has 1 aromatic carbocycles. The number of anilines is 1. The van der Waals surface area contributed by atoms with Gasteiger partial charge in [-0.2, -0.15) is 13.2 Å². The monoisotopic (exact) mass is 384 g/mol. The summed E-state index contributed by atoms with van der Waals surface area (Å²) in [5.41, 5.74) is -1.84. The number of nitro benzene ring substituents is 1. The number of rotatable bonds is 9. The van der Waals surface area contributed by atoms with Gasteiger partial charge in [-0.15, -0.1) is 12.4 Å². The summed E-state index contributed by atoms with van der Waals surface area (Å²) in [5, 5.41) is 19.1. The average molecular weight is 385 g/mol. The van der Waals surface area contributed by atoms with E-state index in [9.17, 15) is 28.1 Å². The minimum Gasteiger partial charge on any atom is -0.379 e. The maximum absolute atomic E-state index is 12.6. The van der Waals surface area contributed by atoms with E-state index >= 15 is 0 Å². The summed E-state index contributed by atoms with van der Waals surface area (Å²) in [6.07, 6.45) is -3.84. The number of nitrogens with zero attached hydrogens (tertiary/aromatic N) is 1. The fourth-order valence-corrected chi connectivity index (χ4v) is 1.90. The van der Waals surface area contributed by atoms with E-state index in [1.54, 1.807) is 7.05 Å². The topological polar surface area (TPSA) is 96.3 Å². The van der Waals surface area contributed by atoms with E-state index in [1.807, 2.05) is 0 Å². The zero-order chi connectivity index (χ0) is 18.2. The van der Waals surface area contributed by atoms with E-state index in [2.05, 4.69) is 16.0 Å². The van der Waals surface area contributed by atoms with Crippen molar-refractivity contribution in [1.29, 1.82) is 0 Å². The number of halogens is 4. The first kappa shape index (κ1) is 22.9.